The van der Waals surface area contributed by atoms with E-state index in [1.165, 1.54) is 0 Å². The van der Waals surface area contributed by atoms with Crippen LogP contribution in [0.25, 0.3) is 0 Å². The van der Waals surface area contributed by atoms with Gasteiger partial charge in [-0.15, -0.1) is 0 Å². The number of rotatable bonds is 8. The molecule has 1 aliphatic heterocycles. The number of anilines is 1. The molecule has 1 N–H and O–H groups in total. The van der Waals surface area contributed by atoms with Gasteiger partial charge in [0.1, 0.15) is 12.1 Å². The lowest BCUT2D eigenvalue weighted by atomic mass is 10.0. The third-order valence-corrected chi connectivity index (χ3v) is 5.09. The van der Waals surface area contributed by atoms with E-state index in [-0.39, 0.29) is 11.9 Å². The van der Waals surface area contributed by atoms with Crippen molar-refractivity contribution in [3.8, 4) is 11.5 Å². The zero-order valence-electron chi connectivity index (χ0n) is 17.5. The third-order valence-electron chi connectivity index (χ3n) is 5.09. The van der Waals surface area contributed by atoms with Crippen molar-refractivity contribution in [3.05, 3.63) is 42.4 Å². The Bertz CT molecular complexity index is 815. The maximum Gasteiger partial charge on any atom is 0.224 e. The molecule has 156 valence electrons. The molecule has 8 heteroatoms. The number of carbonyl (C=O) groups is 1. The highest BCUT2D eigenvalue weighted by atomic mass is 16.5. The Hall–Kier alpha value is -2.87. The Morgan fingerprint density at radius 1 is 1.21 bits per heavy atom. The highest BCUT2D eigenvalue weighted by molar-refractivity contribution is 5.79. The average Bonchev–Trinajstić information content (AvgIpc) is 3.10. The minimum atomic E-state index is -0.00415. The fourth-order valence-corrected chi connectivity index (χ4v) is 3.78. The van der Waals surface area contributed by atoms with Crippen molar-refractivity contribution in [1.29, 1.82) is 0 Å². The van der Waals surface area contributed by atoms with Crippen LogP contribution in [-0.2, 0) is 11.2 Å². The Morgan fingerprint density at radius 3 is 2.66 bits per heavy atom. The van der Waals surface area contributed by atoms with Gasteiger partial charge in [-0.1, -0.05) is 6.07 Å². The van der Waals surface area contributed by atoms with Crippen molar-refractivity contribution in [1.82, 2.24) is 20.2 Å². The van der Waals surface area contributed by atoms with Gasteiger partial charge in [-0.25, -0.2) is 9.97 Å². The summed E-state index contributed by atoms with van der Waals surface area (Å²) in [5.41, 5.74) is 0.884. The number of aromatic nitrogens is 2. The van der Waals surface area contributed by atoms with Gasteiger partial charge in [0.05, 0.1) is 26.7 Å². The second-order valence-electron chi connectivity index (χ2n) is 7.54. The summed E-state index contributed by atoms with van der Waals surface area (Å²) in [5, 5.41) is 3.23. The van der Waals surface area contributed by atoms with Crippen LogP contribution in [0, 0.1) is 5.92 Å². The zero-order valence-corrected chi connectivity index (χ0v) is 17.5. The van der Waals surface area contributed by atoms with Gasteiger partial charge in [-0.3, -0.25) is 4.79 Å². The number of methoxy groups -OCH3 is 2. The first kappa shape index (κ1) is 20.9. The molecule has 0 unspecified atom stereocenters. The molecule has 1 aromatic heterocycles. The molecule has 2 atom stereocenters. The van der Waals surface area contributed by atoms with Gasteiger partial charge in [0.25, 0.3) is 0 Å². The van der Waals surface area contributed by atoms with Crippen LogP contribution in [0.3, 0.4) is 0 Å². The van der Waals surface area contributed by atoms with Crippen LogP contribution < -0.4 is 19.7 Å². The van der Waals surface area contributed by atoms with Gasteiger partial charge in [-0.05, 0) is 37.9 Å². The summed E-state index contributed by atoms with van der Waals surface area (Å²) in [6.45, 7) is 2.46. The summed E-state index contributed by atoms with van der Waals surface area (Å²) in [4.78, 5) is 25.5. The van der Waals surface area contributed by atoms with E-state index in [0.717, 1.165) is 31.0 Å². The quantitative estimate of drug-likeness (QED) is 0.715. The number of amides is 1. The van der Waals surface area contributed by atoms with Crippen LogP contribution in [0.2, 0.25) is 0 Å². The number of carbonyl (C=O) groups excluding carboxylic acids is 1. The largest absolute Gasteiger partial charge is 0.493 e. The van der Waals surface area contributed by atoms with E-state index in [4.69, 9.17) is 9.47 Å². The third kappa shape index (κ3) is 5.35. The summed E-state index contributed by atoms with van der Waals surface area (Å²) < 4.78 is 10.6. The van der Waals surface area contributed by atoms with Crippen molar-refractivity contribution in [2.24, 2.45) is 5.92 Å². The number of nitrogens with zero attached hydrogens (tertiary/aromatic N) is 4. The second kappa shape index (κ2) is 9.56. The van der Waals surface area contributed by atoms with Crippen LogP contribution in [0.1, 0.15) is 5.56 Å². The van der Waals surface area contributed by atoms with Crippen molar-refractivity contribution >= 4 is 11.7 Å². The molecule has 1 aromatic carbocycles. The fourth-order valence-electron chi connectivity index (χ4n) is 3.78. The minimum Gasteiger partial charge on any atom is -0.493 e. The number of hydrogen-bond acceptors (Lipinski definition) is 7. The van der Waals surface area contributed by atoms with Crippen LogP contribution in [0.4, 0.5) is 5.82 Å². The van der Waals surface area contributed by atoms with Crippen LogP contribution in [-0.4, -0.2) is 74.8 Å². The van der Waals surface area contributed by atoms with E-state index in [2.05, 4.69) is 39.2 Å². The molecule has 2 heterocycles. The molecule has 3 rings (SSSR count). The first-order valence-corrected chi connectivity index (χ1v) is 9.66. The van der Waals surface area contributed by atoms with Crippen molar-refractivity contribution in [3.63, 3.8) is 0 Å². The predicted octanol–water partition coefficient (Wildman–Crippen LogP) is 1.22. The molecule has 1 saturated heterocycles. The summed E-state index contributed by atoms with van der Waals surface area (Å²) in [5.74, 6) is 2.48. The smallest absolute Gasteiger partial charge is 0.224 e. The van der Waals surface area contributed by atoms with Crippen molar-refractivity contribution in [2.75, 3.05) is 52.8 Å². The van der Waals surface area contributed by atoms with Crippen molar-refractivity contribution < 1.29 is 14.3 Å². The summed E-state index contributed by atoms with van der Waals surface area (Å²) in [6, 6.07) is 7.51. The maximum absolute atomic E-state index is 12.8. The SMILES string of the molecule is COc1ccc(CC(=O)N[C@@H]2CN(c3ccncn3)C[C@H]2CN(C)C)cc1OC. The van der Waals surface area contributed by atoms with Crippen LogP contribution in [0.5, 0.6) is 11.5 Å². The number of nitrogens with one attached hydrogen (secondary N) is 1. The van der Waals surface area contributed by atoms with Gasteiger partial charge < -0.3 is 24.6 Å². The Morgan fingerprint density at radius 2 is 2.00 bits per heavy atom. The average molecular weight is 399 g/mol. The highest BCUT2D eigenvalue weighted by Crippen LogP contribution is 2.28. The summed E-state index contributed by atoms with van der Waals surface area (Å²) >= 11 is 0. The summed E-state index contributed by atoms with van der Waals surface area (Å²) in [7, 11) is 7.29. The molecule has 0 saturated carbocycles. The minimum absolute atomic E-state index is 0.00415. The molecule has 1 aliphatic rings. The van der Waals surface area contributed by atoms with Gasteiger partial charge in [-0.2, -0.15) is 0 Å². The Balaban J connectivity index is 1.67. The molecule has 0 aliphatic carbocycles. The number of ether oxygens (including phenoxy) is 2. The van der Waals surface area contributed by atoms with E-state index >= 15 is 0 Å². The molecule has 1 amide bonds. The molecule has 2 aromatic rings. The monoisotopic (exact) mass is 399 g/mol. The Labute approximate surface area is 171 Å². The van der Waals surface area contributed by atoms with E-state index in [1.54, 1.807) is 26.7 Å². The first-order valence-electron chi connectivity index (χ1n) is 9.66. The molecular weight excluding hydrogens is 370 g/mol. The first-order chi connectivity index (χ1) is 14.0. The standard InChI is InChI=1S/C21H29N5O3/c1-25(2)11-16-12-26(20-7-8-22-14-23-20)13-17(16)24-21(27)10-15-5-6-18(28-3)19(9-15)29-4/h5-9,14,16-17H,10-13H2,1-4H3,(H,24,27)/t16-,17-/m1/s1. The zero-order chi connectivity index (χ0) is 20.8. The molecule has 29 heavy (non-hydrogen) atoms. The van der Waals surface area contributed by atoms with E-state index in [9.17, 15) is 4.79 Å². The van der Waals surface area contributed by atoms with E-state index in [1.807, 2.05) is 24.3 Å². The molecule has 0 spiro atoms. The van der Waals surface area contributed by atoms with Crippen molar-refractivity contribution in [2.45, 2.75) is 12.5 Å². The fraction of sp³-hybridized carbons (Fsp3) is 0.476. The lowest BCUT2D eigenvalue weighted by Gasteiger charge is -2.22. The molecule has 1 fully saturated rings. The lowest BCUT2D eigenvalue weighted by molar-refractivity contribution is -0.121. The second-order valence-corrected chi connectivity index (χ2v) is 7.54. The van der Waals surface area contributed by atoms with Crippen LogP contribution in [0.15, 0.2) is 36.8 Å². The topological polar surface area (TPSA) is 79.8 Å². The lowest BCUT2D eigenvalue weighted by Crippen LogP contribution is -2.44. The van der Waals surface area contributed by atoms with Gasteiger partial charge in [0, 0.05) is 31.7 Å². The molecule has 0 bridgehead atoms. The van der Waals surface area contributed by atoms with Gasteiger partial charge in [0.15, 0.2) is 11.5 Å². The van der Waals surface area contributed by atoms with Gasteiger partial charge >= 0.3 is 0 Å². The van der Waals surface area contributed by atoms with E-state index in [0.29, 0.717) is 23.8 Å². The summed E-state index contributed by atoms with van der Waals surface area (Å²) in [6.07, 6.45) is 3.59. The number of benzene rings is 1. The number of hydrogen-bond donors (Lipinski definition) is 1. The maximum atomic E-state index is 12.8. The highest BCUT2D eigenvalue weighted by Gasteiger charge is 2.34. The molecule has 8 nitrogen and oxygen atoms in total. The molecular formula is C21H29N5O3. The predicted molar refractivity (Wildman–Crippen MR) is 111 cm³/mol. The van der Waals surface area contributed by atoms with E-state index < -0.39 is 0 Å². The molecule has 0 radical (unpaired) electrons. The van der Waals surface area contributed by atoms with Gasteiger partial charge in [0.2, 0.25) is 5.91 Å². The normalized spacial score (nSPS) is 18.7. The van der Waals surface area contributed by atoms with Crippen LogP contribution >= 0.6 is 0 Å². The Kier molecular flexibility index (Phi) is 6.87.